The second kappa shape index (κ2) is 7.48. The van der Waals surface area contributed by atoms with Crippen LogP contribution in [-0.4, -0.2) is 33.8 Å². The van der Waals surface area contributed by atoms with Crippen molar-refractivity contribution in [3.05, 3.63) is 28.5 Å². The van der Waals surface area contributed by atoms with Crippen molar-refractivity contribution in [3.63, 3.8) is 0 Å². The van der Waals surface area contributed by atoms with Gasteiger partial charge in [0, 0.05) is 23.0 Å². The molecule has 2 N–H and O–H groups in total. The quantitative estimate of drug-likeness (QED) is 0.805. The number of hydrogen-bond donors (Lipinski definition) is 2. The number of amides is 1. The molecule has 0 spiro atoms. The van der Waals surface area contributed by atoms with Crippen LogP contribution >= 0.6 is 11.3 Å². The predicted octanol–water partition coefficient (Wildman–Crippen LogP) is 3.91. The molecular formula is C19H27N5OS. The van der Waals surface area contributed by atoms with E-state index in [2.05, 4.69) is 39.2 Å². The molecule has 0 radical (unpaired) electrons. The lowest BCUT2D eigenvalue weighted by molar-refractivity contribution is 0.102. The molecule has 1 unspecified atom stereocenters. The van der Waals surface area contributed by atoms with Crippen LogP contribution in [0.5, 0.6) is 0 Å². The van der Waals surface area contributed by atoms with Gasteiger partial charge in [-0.05, 0) is 58.0 Å². The third-order valence-corrected chi connectivity index (χ3v) is 6.61. The van der Waals surface area contributed by atoms with Gasteiger partial charge in [-0.3, -0.25) is 14.8 Å². The van der Waals surface area contributed by atoms with Gasteiger partial charge in [0.1, 0.15) is 0 Å². The number of piperidine rings is 1. The number of hydrogen-bond acceptors (Lipinski definition) is 5. The van der Waals surface area contributed by atoms with Crippen molar-refractivity contribution >= 4 is 22.4 Å². The zero-order valence-electron chi connectivity index (χ0n) is 15.5. The van der Waals surface area contributed by atoms with E-state index < -0.39 is 0 Å². The molecule has 26 heavy (non-hydrogen) atoms. The molecule has 1 aliphatic carbocycles. The lowest BCUT2D eigenvalue weighted by atomic mass is 9.97. The van der Waals surface area contributed by atoms with Gasteiger partial charge in [-0.2, -0.15) is 5.10 Å². The normalized spacial score (nSPS) is 19.5. The molecule has 0 bridgehead atoms. The van der Waals surface area contributed by atoms with Gasteiger partial charge in [0.25, 0.3) is 5.91 Å². The molecule has 2 aromatic rings. The van der Waals surface area contributed by atoms with E-state index in [1.807, 2.05) is 6.20 Å². The van der Waals surface area contributed by atoms with Crippen molar-refractivity contribution in [2.24, 2.45) is 0 Å². The van der Waals surface area contributed by atoms with E-state index >= 15 is 0 Å². The molecule has 4 rings (SSSR count). The lowest BCUT2D eigenvalue weighted by Crippen LogP contribution is -2.26. The molecule has 1 saturated heterocycles. The number of nitrogens with one attached hydrogen (secondary N) is 2. The molecule has 2 fully saturated rings. The highest BCUT2D eigenvalue weighted by Crippen LogP contribution is 2.43. The van der Waals surface area contributed by atoms with Gasteiger partial charge < -0.3 is 5.32 Å². The summed E-state index contributed by atoms with van der Waals surface area (Å²) in [4.78, 5) is 18.6. The summed E-state index contributed by atoms with van der Waals surface area (Å²) in [6.45, 7) is 6.43. The molecule has 2 aromatic heterocycles. The monoisotopic (exact) mass is 373 g/mol. The molecule has 3 heterocycles. The number of nitrogens with zero attached hydrogens (tertiary/aromatic N) is 3. The molecule has 7 heteroatoms. The van der Waals surface area contributed by atoms with Crippen molar-refractivity contribution in [1.82, 2.24) is 20.1 Å². The third-order valence-electron chi connectivity index (χ3n) is 5.54. The number of carbonyl (C=O) groups is 1. The molecule has 6 nitrogen and oxygen atoms in total. The fourth-order valence-electron chi connectivity index (χ4n) is 3.64. The average molecular weight is 374 g/mol. The first-order valence-corrected chi connectivity index (χ1v) is 10.5. The van der Waals surface area contributed by atoms with E-state index in [1.165, 1.54) is 4.88 Å². The molecule has 140 valence electrons. The van der Waals surface area contributed by atoms with Crippen LogP contribution in [0.25, 0.3) is 0 Å². The van der Waals surface area contributed by atoms with Crippen LogP contribution in [0.4, 0.5) is 5.13 Å². The maximum Gasteiger partial charge on any atom is 0.260 e. The minimum atomic E-state index is -0.0762. The second-order valence-corrected chi connectivity index (χ2v) is 8.53. The third kappa shape index (κ3) is 3.55. The Bertz CT molecular complexity index is 773. The van der Waals surface area contributed by atoms with E-state index in [9.17, 15) is 4.79 Å². The Labute approximate surface area is 158 Å². The molecule has 2 aliphatic rings. The second-order valence-electron chi connectivity index (χ2n) is 7.47. The summed E-state index contributed by atoms with van der Waals surface area (Å²) in [7, 11) is 0. The van der Waals surface area contributed by atoms with Crippen molar-refractivity contribution in [3.8, 4) is 0 Å². The molecule has 1 saturated carbocycles. The summed E-state index contributed by atoms with van der Waals surface area (Å²) >= 11 is 1.61. The fourth-order valence-corrected chi connectivity index (χ4v) is 4.62. The maximum absolute atomic E-state index is 12.9. The van der Waals surface area contributed by atoms with Crippen molar-refractivity contribution in [2.75, 3.05) is 18.4 Å². The molecule has 1 amide bonds. The highest BCUT2D eigenvalue weighted by molar-refractivity contribution is 7.15. The number of aromatic nitrogens is 3. The van der Waals surface area contributed by atoms with E-state index in [0.717, 1.165) is 50.9 Å². The van der Waals surface area contributed by atoms with Crippen LogP contribution in [0, 0.1) is 0 Å². The van der Waals surface area contributed by atoms with E-state index in [4.69, 9.17) is 0 Å². The van der Waals surface area contributed by atoms with Crippen LogP contribution in [0.2, 0.25) is 0 Å². The Morgan fingerprint density at radius 2 is 2.08 bits per heavy atom. The Morgan fingerprint density at radius 1 is 1.31 bits per heavy atom. The summed E-state index contributed by atoms with van der Waals surface area (Å²) in [6, 6.07) is 0.318. The van der Waals surface area contributed by atoms with Gasteiger partial charge in [0.2, 0.25) is 0 Å². The van der Waals surface area contributed by atoms with Gasteiger partial charge in [0.15, 0.2) is 5.13 Å². The first kappa shape index (κ1) is 17.7. The summed E-state index contributed by atoms with van der Waals surface area (Å²) in [5, 5.41) is 11.6. The summed E-state index contributed by atoms with van der Waals surface area (Å²) in [5.41, 5.74) is 1.82. The van der Waals surface area contributed by atoms with E-state index in [1.54, 1.807) is 17.5 Å². The van der Waals surface area contributed by atoms with E-state index in [0.29, 0.717) is 28.6 Å². The Morgan fingerprint density at radius 3 is 2.77 bits per heavy atom. The Kier molecular flexibility index (Phi) is 5.09. The summed E-state index contributed by atoms with van der Waals surface area (Å²) in [5.74, 6) is 0.969. The zero-order valence-corrected chi connectivity index (χ0v) is 16.3. The summed E-state index contributed by atoms with van der Waals surface area (Å²) in [6.07, 6.45) is 9.26. The molecular weight excluding hydrogens is 346 g/mol. The van der Waals surface area contributed by atoms with Gasteiger partial charge >= 0.3 is 0 Å². The minimum absolute atomic E-state index is 0.0762. The van der Waals surface area contributed by atoms with Gasteiger partial charge in [-0.1, -0.05) is 6.92 Å². The van der Waals surface area contributed by atoms with Gasteiger partial charge in [-0.15, -0.1) is 11.3 Å². The predicted molar refractivity (Wildman–Crippen MR) is 104 cm³/mol. The minimum Gasteiger partial charge on any atom is -0.317 e. The molecule has 1 aliphatic heterocycles. The lowest BCUT2D eigenvalue weighted by Gasteiger charge is -2.20. The smallest absolute Gasteiger partial charge is 0.260 e. The molecule has 0 aromatic carbocycles. The SMILES string of the molecule is CCC(C)n1ncc(C(=O)Nc2ncc(C3CCNCC3)s2)c1C1CC1. The largest absolute Gasteiger partial charge is 0.317 e. The van der Waals surface area contributed by atoms with Crippen LogP contribution < -0.4 is 10.6 Å². The van der Waals surface area contributed by atoms with Gasteiger partial charge in [-0.25, -0.2) is 4.98 Å². The highest BCUT2D eigenvalue weighted by Gasteiger charge is 2.33. The molecule has 1 atom stereocenters. The van der Waals surface area contributed by atoms with Crippen LogP contribution in [0.3, 0.4) is 0 Å². The number of carbonyl (C=O) groups excluding carboxylic acids is 1. The van der Waals surface area contributed by atoms with Crippen LogP contribution in [-0.2, 0) is 0 Å². The van der Waals surface area contributed by atoms with Crippen molar-refractivity contribution in [2.45, 2.75) is 63.8 Å². The maximum atomic E-state index is 12.9. The van der Waals surface area contributed by atoms with Crippen molar-refractivity contribution < 1.29 is 4.79 Å². The van der Waals surface area contributed by atoms with Crippen LogP contribution in [0.1, 0.15) is 84.8 Å². The van der Waals surface area contributed by atoms with Crippen molar-refractivity contribution in [1.29, 1.82) is 0 Å². The number of anilines is 1. The van der Waals surface area contributed by atoms with Gasteiger partial charge in [0.05, 0.1) is 17.5 Å². The first-order valence-electron chi connectivity index (χ1n) is 9.72. The Balaban J connectivity index is 1.50. The zero-order chi connectivity index (χ0) is 18.1. The van der Waals surface area contributed by atoms with Crippen LogP contribution in [0.15, 0.2) is 12.4 Å². The topological polar surface area (TPSA) is 71.8 Å². The fraction of sp³-hybridized carbons (Fsp3) is 0.632. The number of thiazole rings is 1. The number of rotatable bonds is 6. The Hall–Kier alpha value is -1.73. The first-order chi connectivity index (χ1) is 12.7. The highest BCUT2D eigenvalue weighted by atomic mass is 32.1. The average Bonchev–Trinajstić information content (AvgIpc) is 3.23. The standard InChI is InChI=1S/C19H27N5OS/c1-3-12(2)24-17(14-4-5-14)15(10-22-24)18(25)23-19-21-11-16(26-19)13-6-8-20-9-7-13/h10-14,20H,3-9H2,1-2H3,(H,21,23,25). The van der Waals surface area contributed by atoms with E-state index in [-0.39, 0.29) is 5.91 Å². The summed E-state index contributed by atoms with van der Waals surface area (Å²) < 4.78 is 2.05.